The zero-order valence-electron chi connectivity index (χ0n) is 20.4. The van der Waals surface area contributed by atoms with Gasteiger partial charge in [0, 0.05) is 56.2 Å². The van der Waals surface area contributed by atoms with Crippen LogP contribution in [0.1, 0.15) is 54.0 Å². The molecule has 1 unspecified atom stereocenters. The number of ether oxygens (including phenoxy) is 1. The topological polar surface area (TPSA) is 97.6 Å². The Kier molecular flexibility index (Phi) is 8.29. The fourth-order valence-electron chi connectivity index (χ4n) is 4.87. The minimum Gasteiger partial charge on any atom is -0.381 e. The molecule has 1 aliphatic carbocycles. The molecular weight excluding hydrogens is 485 g/mol. The van der Waals surface area contributed by atoms with Crippen LogP contribution in [0.5, 0.6) is 0 Å². The van der Waals surface area contributed by atoms with E-state index in [2.05, 4.69) is 16.7 Å². The molecule has 2 aromatic rings. The first-order valence-electron chi connectivity index (χ1n) is 12.1. The highest BCUT2D eigenvalue weighted by Crippen LogP contribution is 2.39. The van der Waals surface area contributed by atoms with Gasteiger partial charge in [0.25, 0.3) is 0 Å². The Morgan fingerprint density at radius 1 is 1.19 bits per heavy atom. The molecular formula is C27H29F3N4O3. The molecule has 7 nitrogen and oxygen atoms in total. The third kappa shape index (κ3) is 6.37. The average Bonchev–Trinajstić information content (AvgIpc) is 3.23. The zero-order chi connectivity index (χ0) is 26.6. The number of ketones is 1. The van der Waals surface area contributed by atoms with Gasteiger partial charge in [-0.15, -0.1) is 0 Å². The normalized spacial score (nSPS) is 17.8. The number of nitrogens with zero attached hydrogens (tertiary/aromatic N) is 2. The van der Waals surface area contributed by atoms with Crippen LogP contribution in [0.3, 0.4) is 0 Å². The summed E-state index contributed by atoms with van der Waals surface area (Å²) in [7, 11) is 1.43. The Hall–Kier alpha value is -3.23. The van der Waals surface area contributed by atoms with Crippen molar-refractivity contribution in [1.82, 2.24) is 10.4 Å². The Morgan fingerprint density at radius 3 is 2.62 bits per heavy atom. The van der Waals surface area contributed by atoms with E-state index in [0.29, 0.717) is 48.6 Å². The summed E-state index contributed by atoms with van der Waals surface area (Å²) in [6.07, 6.45) is -2.31. The van der Waals surface area contributed by atoms with Crippen molar-refractivity contribution in [3.05, 3.63) is 76.0 Å². The monoisotopic (exact) mass is 514 g/mol. The molecule has 0 spiro atoms. The van der Waals surface area contributed by atoms with E-state index in [-0.39, 0.29) is 23.9 Å². The molecule has 1 saturated heterocycles. The first-order chi connectivity index (χ1) is 17.7. The lowest BCUT2D eigenvalue weighted by atomic mass is 9.91. The van der Waals surface area contributed by atoms with Crippen molar-refractivity contribution in [3.8, 4) is 6.07 Å². The first-order valence-corrected chi connectivity index (χ1v) is 12.1. The number of hydroxylamine groups is 2. The fourth-order valence-corrected chi connectivity index (χ4v) is 4.87. The van der Waals surface area contributed by atoms with Gasteiger partial charge in [-0.05, 0) is 60.7 Å². The maximum absolute atomic E-state index is 13.2. The number of hydrogen-bond donors (Lipinski definition) is 3. The number of hydrogen-bond acceptors (Lipinski definition) is 7. The molecule has 10 heteroatoms. The summed E-state index contributed by atoms with van der Waals surface area (Å²) in [5.74, 6) is -0.201. The van der Waals surface area contributed by atoms with E-state index in [1.54, 1.807) is 18.2 Å². The number of alkyl halides is 3. The Bertz CT molecular complexity index is 1210. The highest BCUT2D eigenvalue weighted by Gasteiger charge is 2.35. The van der Waals surface area contributed by atoms with Gasteiger partial charge in [-0.1, -0.05) is 12.1 Å². The summed E-state index contributed by atoms with van der Waals surface area (Å²) in [5, 5.41) is 27.6. The molecule has 3 N–H and O–H groups in total. The van der Waals surface area contributed by atoms with E-state index in [1.165, 1.54) is 19.2 Å². The highest BCUT2D eigenvalue weighted by atomic mass is 19.4. The van der Waals surface area contributed by atoms with E-state index in [1.807, 2.05) is 0 Å². The minimum absolute atomic E-state index is 0.174. The van der Waals surface area contributed by atoms with Gasteiger partial charge >= 0.3 is 6.18 Å². The molecule has 0 bridgehead atoms. The van der Waals surface area contributed by atoms with Crippen LogP contribution in [-0.2, 0) is 22.3 Å². The fraction of sp³-hybridized carbons (Fsp3) is 0.407. The summed E-state index contributed by atoms with van der Waals surface area (Å²) in [6.45, 7) is 1.74. The van der Waals surface area contributed by atoms with Crippen molar-refractivity contribution in [3.63, 3.8) is 0 Å². The number of Topliss-reactive ketones (excluding diaryl/α,β-unsaturated/α-hetero) is 1. The van der Waals surface area contributed by atoms with Crippen LogP contribution in [0.4, 0.5) is 18.9 Å². The molecule has 0 amide bonds. The summed E-state index contributed by atoms with van der Waals surface area (Å²) in [5.41, 5.74) is 1.99. The summed E-state index contributed by atoms with van der Waals surface area (Å²) in [6, 6.07) is 11.4. The molecule has 4 rings (SSSR count). The molecule has 2 aromatic carbocycles. The summed E-state index contributed by atoms with van der Waals surface area (Å²) >= 11 is 0. The quantitative estimate of drug-likeness (QED) is 0.430. The molecule has 196 valence electrons. The van der Waals surface area contributed by atoms with Crippen LogP contribution in [0.2, 0.25) is 0 Å². The number of allylic oxidation sites excluding steroid dienone is 1. The van der Waals surface area contributed by atoms with Gasteiger partial charge in [0.15, 0.2) is 5.78 Å². The Labute approximate surface area is 213 Å². The number of carbonyl (C=O) groups is 1. The predicted molar refractivity (Wildman–Crippen MR) is 130 cm³/mol. The van der Waals surface area contributed by atoms with E-state index in [4.69, 9.17) is 4.74 Å². The van der Waals surface area contributed by atoms with Crippen molar-refractivity contribution in [2.75, 3.05) is 25.6 Å². The van der Waals surface area contributed by atoms with Crippen molar-refractivity contribution in [2.24, 2.45) is 0 Å². The molecule has 0 saturated carbocycles. The number of rotatable bonds is 8. The minimum atomic E-state index is -4.50. The van der Waals surface area contributed by atoms with Crippen LogP contribution < -0.4 is 10.6 Å². The molecule has 1 fully saturated rings. The third-order valence-electron chi connectivity index (χ3n) is 6.73. The van der Waals surface area contributed by atoms with Gasteiger partial charge < -0.3 is 20.6 Å². The van der Waals surface area contributed by atoms with Gasteiger partial charge in [-0.2, -0.15) is 23.5 Å². The van der Waals surface area contributed by atoms with E-state index in [0.717, 1.165) is 35.6 Å². The maximum Gasteiger partial charge on any atom is 0.416 e. The molecule has 0 radical (unpaired) electrons. The zero-order valence-corrected chi connectivity index (χ0v) is 20.4. The summed E-state index contributed by atoms with van der Waals surface area (Å²) in [4.78, 5) is 13.1. The second-order valence-corrected chi connectivity index (χ2v) is 9.29. The molecule has 37 heavy (non-hydrogen) atoms. The van der Waals surface area contributed by atoms with Gasteiger partial charge in [-0.25, -0.2) is 0 Å². The lowest BCUT2D eigenvalue weighted by Crippen LogP contribution is -2.35. The average molecular weight is 515 g/mol. The number of nitriles is 1. The number of anilines is 1. The second kappa shape index (κ2) is 11.4. The molecule has 1 heterocycles. The summed E-state index contributed by atoms with van der Waals surface area (Å²) < 4.78 is 45.1. The largest absolute Gasteiger partial charge is 0.416 e. The lowest BCUT2D eigenvalue weighted by Gasteiger charge is -2.29. The molecule has 2 aliphatic rings. The number of benzene rings is 2. The van der Waals surface area contributed by atoms with Crippen molar-refractivity contribution in [1.29, 1.82) is 5.26 Å². The van der Waals surface area contributed by atoms with Crippen LogP contribution in [-0.4, -0.2) is 42.4 Å². The third-order valence-corrected chi connectivity index (χ3v) is 6.73. The van der Waals surface area contributed by atoms with Crippen molar-refractivity contribution in [2.45, 2.75) is 50.5 Å². The number of carbonyl (C=O) groups excluding carboxylic acids is 1. The molecule has 1 aliphatic heterocycles. The van der Waals surface area contributed by atoms with Crippen molar-refractivity contribution >= 4 is 11.5 Å². The maximum atomic E-state index is 13.2. The van der Waals surface area contributed by atoms with E-state index < -0.39 is 17.8 Å². The van der Waals surface area contributed by atoms with Gasteiger partial charge in [0.2, 0.25) is 0 Å². The number of likely N-dealkylation sites (N-methyl/N-ethyl adjacent to an activating group) is 1. The van der Waals surface area contributed by atoms with Crippen LogP contribution >= 0.6 is 0 Å². The van der Waals surface area contributed by atoms with Crippen molar-refractivity contribution < 1.29 is 27.9 Å². The SMILES string of the molecule is CN(O)C(C1=C(Nc2cccc(C(F)(F)F)c2)CCC1=O)c1ccc(C#N)cc1CNC1CCOCC1. The number of nitrogens with one attached hydrogen (secondary N) is 2. The molecule has 0 aromatic heterocycles. The van der Waals surface area contributed by atoms with E-state index in [9.17, 15) is 28.4 Å². The highest BCUT2D eigenvalue weighted by molar-refractivity contribution is 6.00. The molecule has 1 atom stereocenters. The van der Waals surface area contributed by atoms with Gasteiger partial charge in [-0.3, -0.25) is 4.79 Å². The predicted octanol–water partition coefficient (Wildman–Crippen LogP) is 4.94. The second-order valence-electron chi connectivity index (χ2n) is 9.29. The van der Waals surface area contributed by atoms with E-state index >= 15 is 0 Å². The smallest absolute Gasteiger partial charge is 0.381 e. The van der Waals surface area contributed by atoms with Crippen LogP contribution in [0, 0.1) is 11.3 Å². The Morgan fingerprint density at radius 2 is 1.95 bits per heavy atom. The first kappa shape index (κ1) is 26.8. The number of halogens is 3. The Balaban J connectivity index is 1.70. The van der Waals surface area contributed by atoms with Gasteiger partial charge in [0.1, 0.15) is 0 Å². The standard InChI is InChI=1S/C27H29F3N4O3/c1-34(36)26(22-6-5-17(15-31)13-18(22)16-32-20-9-11-37-12-10-20)25-23(7-8-24(25)35)33-21-4-2-3-19(14-21)27(28,29)30/h2-6,13-14,20,26,32-33,36H,7-12,16H2,1H3. The van der Waals surface area contributed by atoms with Crippen LogP contribution in [0.25, 0.3) is 0 Å². The van der Waals surface area contributed by atoms with Crippen LogP contribution in [0.15, 0.2) is 53.7 Å². The lowest BCUT2D eigenvalue weighted by molar-refractivity contribution is -0.137. The van der Waals surface area contributed by atoms with Gasteiger partial charge in [0.05, 0.1) is 23.2 Å².